The Labute approximate surface area is 131 Å². The van der Waals surface area contributed by atoms with E-state index in [4.69, 9.17) is 0 Å². The van der Waals surface area contributed by atoms with Crippen molar-refractivity contribution in [3.63, 3.8) is 0 Å². The summed E-state index contributed by atoms with van der Waals surface area (Å²) in [6.07, 6.45) is 1.25. The Morgan fingerprint density at radius 3 is 2.45 bits per heavy atom. The molecule has 0 spiro atoms. The van der Waals surface area contributed by atoms with Crippen LogP contribution in [0.5, 0.6) is 0 Å². The van der Waals surface area contributed by atoms with Crippen molar-refractivity contribution in [2.75, 3.05) is 7.05 Å². The lowest BCUT2D eigenvalue weighted by atomic mass is 9.73. The third-order valence-corrected chi connectivity index (χ3v) is 4.33. The number of benzene rings is 2. The zero-order valence-electron chi connectivity index (χ0n) is 13.0. The Morgan fingerprint density at radius 2 is 1.73 bits per heavy atom. The van der Waals surface area contributed by atoms with Crippen molar-refractivity contribution in [1.29, 1.82) is 0 Å². The fourth-order valence-corrected chi connectivity index (χ4v) is 3.08. The third-order valence-electron chi connectivity index (χ3n) is 4.33. The van der Waals surface area contributed by atoms with Gasteiger partial charge in [0.1, 0.15) is 5.84 Å². The Balaban J connectivity index is 1.99. The number of nitrogens with one attached hydrogen (secondary N) is 1. The number of amides is 1. The Kier molecular flexibility index (Phi) is 3.80. The van der Waals surface area contributed by atoms with Crippen LogP contribution in [-0.2, 0) is 10.2 Å². The van der Waals surface area contributed by atoms with Crippen LogP contribution in [0, 0.1) is 0 Å². The zero-order chi connectivity index (χ0) is 15.6. The topological polar surface area (TPSA) is 41.5 Å². The van der Waals surface area contributed by atoms with Crippen molar-refractivity contribution in [3.05, 3.63) is 60.2 Å². The van der Waals surface area contributed by atoms with Gasteiger partial charge < -0.3 is 5.32 Å². The van der Waals surface area contributed by atoms with Crippen LogP contribution in [0.15, 0.2) is 59.6 Å². The third kappa shape index (κ3) is 2.80. The van der Waals surface area contributed by atoms with Gasteiger partial charge in [-0.3, -0.25) is 9.79 Å². The largest absolute Gasteiger partial charge is 0.314 e. The molecule has 1 saturated heterocycles. The summed E-state index contributed by atoms with van der Waals surface area (Å²) in [5.41, 5.74) is 3.35. The highest BCUT2D eigenvalue weighted by Gasteiger charge is 2.35. The molecule has 1 amide bonds. The standard InChI is InChI=1S/C19H20N2O/c1-19(12-17(20-2)21-18(22)13-19)16-10-6-9-15(11-16)14-7-4-3-5-8-14/h3-11H,12-13H2,1-2H3,(H,20,21,22)/t19-/m0/s1. The first kappa shape index (κ1) is 14.5. The maximum absolute atomic E-state index is 12.0. The van der Waals surface area contributed by atoms with Crippen LogP contribution in [0.25, 0.3) is 11.1 Å². The molecule has 112 valence electrons. The molecule has 1 heterocycles. The molecule has 2 aromatic rings. The van der Waals surface area contributed by atoms with Gasteiger partial charge in [0.15, 0.2) is 0 Å². The van der Waals surface area contributed by atoms with Crippen LogP contribution >= 0.6 is 0 Å². The van der Waals surface area contributed by atoms with Gasteiger partial charge in [0, 0.05) is 25.3 Å². The second-order valence-corrected chi connectivity index (χ2v) is 6.08. The first-order valence-corrected chi connectivity index (χ1v) is 7.52. The molecule has 1 N–H and O–H groups in total. The van der Waals surface area contributed by atoms with E-state index >= 15 is 0 Å². The summed E-state index contributed by atoms with van der Waals surface area (Å²) in [6.45, 7) is 2.14. The maximum atomic E-state index is 12.0. The number of nitrogens with zero attached hydrogens (tertiary/aromatic N) is 1. The molecule has 3 rings (SSSR count). The minimum atomic E-state index is -0.206. The Hall–Kier alpha value is -2.42. The molecule has 2 aromatic carbocycles. The molecule has 0 unspecified atom stereocenters. The minimum Gasteiger partial charge on any atom is -0.314 e. The van der Waals surface area contributed by atoms with E-state index in [0.29, 0.717) is 6.42 Å². The van der Waals surface area contributed by atoms with E-state index in [-0.39, 0.29) is 11.3 Å². The Morgan fingerprint density at radius 1 is 1.00 bits per heavy atom. The van der Waals surface area contributed by atoms with E-state index in [9.17, 15) is 4.79 Å². The molecule has 22 heavy (non-hydrogen) atoms. The van der Waals surface area contributed by atoms with Gasteiger partial charge in [0.2, 0.25) is 5.91 Å². The average Bonchev–Trinajstić information content (AvgIpc) is 2.55. The fraction of sp³-hybridized carbons (Fsp3) is 0.263. The molecule has 0 aliphatic carbocycles. The first-order chi connectivity index (χ1) is 10.6. The summed E-state index contributed by atoms with van der Waals surface area (Å²) in [7, 11) is 1.72. The summed E-state index contributed by atoms with van der Waals surface area (Å²) < 4.78 is 0. The first-order valence-electron chi connectivity index (χ1n) is 7.52. The smallest absolute Gasteiger partial charge is 0.226 e. The van der Waals surface area contributed by atoms with Crippen LogP contribution in [-0.4, -0.2) is 18.8 Å². The van der Waals surface area contributed by atoms with Crippen molar-refractivity contribution >= 4 is 11.7 Å². The van der Waals surface area contributed by atoms with E-state index in [1.54, 1.807) is 7.05 Å². The molecule has 0 bridgehead atoms. The molecule has 3 nitrogen and oxygen atoms in total. The van der Waals surface area contributed by atoms with Gasteiger partial charge in [-0.05, 0) is 16.7 Å². The van der Waals surface area contributed by atoms with Crippen LogP contribution in [0.2, 0.25) is 0 Å². The molecule has 1 fully saturated rings. The van der Waals surface area contributed by atoms with Crippen LogP contribution < -0.4 is 5.32 Å². The van der Waals surface area contributed by atoms with Crippen LogP contribution in [0.1, 0.15) is 25.3 Å². The lowest BCUT2D eigenvalue weighted by molar-refractivity contribution is -0.121. The molecule has 1 atom stereocenters. The molecule has 1 aliphatic heterocycles. The van der Waals surface area contributed by atoms with Gasteiger partial charge in [-0.15, -0.1) is 0 Å². The maximum Gasteiger partial charge on any atom is 0.226 e. The second kappa shape index (κ2) is 5.76. The van der Waals surface area contributed by atoms with Gasteiger partial charge in [-0.1, -0.05) is 61.5 Å². The highest BCUT2D eigenvalue weighted by molar-refractivity contribution is 6.02. The highest BCUT2D eigenvalue weighted by Crippen LogP contribution is 2.35. The van der Waals surface area contributed by atoms with Crippen molar-refractivity contribution < 1.29 is 4.79 Å². The lowest BCUT2D eigenvalue weighted by Gasteiger charge is -2.34. The zero-order valence-corrected chi connectivity index (χ0v) is 13.0. The monoisotopic (exact) mass is 292 g/mol. The van der Waals surface area contributed by atoms with E-state index in [1.807, 2.05) is 18.2 Å². The number of piperidine rings is 1. The molecule has 0 radical (unpaired) electrons. The van der Waals surface area contributed by atoms with Crippen LogP contribution in [0.3, 0.4) is 0 Å². The summed E-state index contributed by atoms with van der Waals surface area (Å²) in [6, 6.07) is 18.8. The minimum absolute atomic E-state index is 0.0412. The average molecular weight is 292 g/mol. The van der Waals surface area contributed by atoms with Gasteiger partial charge in [-0.25, -0.2) is 0 Å². The fourth-order valence-electron chi connectivity index (χ4n) is 3.08. The number of amidine groups is 1. The molecule has 3 heteroatoms. The van der Waals surface area contributed by atoms with E-state index in [1.165, 1.54) is 16.7 Å². The summed E-state index contributed by atoms with van der Waals surface area (Å²) in [4.78, 5) is 16.2. The van der Waals surface area contributed by atoms with E-state index < -0.39 is 0 Å². The number of hydrogen-bond donors (Lipinski definition) is 1. The van der Waals surface area contributed by atoms with Crippen molar-refractivity contribution in [2.45, 2.75) is 25.2 Å². The highest BCUT2D eigenvalue weighted by atomic mass is 16.1. The SMILES string of the molecule is CN=C1C[C@](C)(c2cccc(-c3ccccc3)c2)CC(=O)N1. The molecular formula is C19H20N2O. The molecule has 1 aliphatic rings. The summed E-state index contributed by atoms with van der Waals surface area (Å²) >= 11 is 0. The van der Waals surface area contributed by atoms with E-state index in [2.05, 4.69) is 53.6 Å². The Bertz CT molecular complexity index is 721. The number of carbonyl (C=O) groups is 1. The second-order valence-electron chi connectivity index (χ2n) is 6.08. The van der Waals surface area contributed by atoms with Crippen molar-refractivity contribution in [2.24, 2.45) is 4.99 Å². The number of aliphatic imine (C=N–C) groups is 1. The summed E-state index contributed by atoms with van der Waals surface area (Å²) in [5, 5.41) is 2.85. The van der Waals surface area contributed by atoms with Crippen molar-refractivity contribution in [1.82, 2.24) is 5.32 Å². The predicted molar refractivity (Wildman–Crippen MR) is 90.0 cm³/mol. The van der Waals surface area contributed by atoms with Gasteiger partial charge in [0.25, 0.3) is 0 Å². The summed E-state index contributed by atoms with van der Waals surface area (Å²) in [5.74, 6) is 0.809. The van der Waals surface area contributed by atoms with Gasteiger partial charge in [0.05, 0.1) is 0 Å². The van der Waals surface area contributed by atoms with Gasteiger partial charge in [-0.2, -0.15) is 0 Å². The lowest BCUT2D eigenvalue weighted by Crippen LogP contribution is -2.45. The van der Waals surface area contributed by atoms with Gasteiger partial charge >= 0.3 is 0 Å². The van der Waals surface area contributed by atoms with Crippen LogP contribution in [0.4, 0.5) is 0 Å². The number of rotatable bonds is 2. The van der Waals surface area contributed by atoms with Crippen molar-refractivity contribution in [3.8, 4) is 11.1 Å². The molecular weight excluding hydrogens is 272 g/mol. The predicted octanol–water partition coefficient (Wildman–Crippen LogP) is 3.55. The normalized spacial score (nSPS) is 23.4. The molecule has 0 aromatic heterocycles. The quantitative estimate of drug-likeness (QED) is 0.903. The number of carbonyl (C=O) groups excluding carboxylic acids is 1. The number of hydrogen-bond acceptors (Lipinski definition) is 2. The molecule has 0 saturated carbocycles. The van der Waals surface area contributed by atoms with E-state index in [0.717, 1.165) is 12.3 Å².